The summed E-state index contributed by atoms with van der Waals surface area (Å²) < 4.78 is 1.07. The molecule has 104 valence electrons. The fourth-order valence-corrected chi connectivity index (χ4v) is 2.58. The Morgan fingerprint density at radius 1 is 1.30 bits per heavy atom. The molecule has 1 fully saturated rings. The molecule has 4 nitrogen and oxygen atoms in total. The highest BCUT2D eigenvalue weighted by Gasteiger charge is 2.27. The van der Waals surface area contributed by atoms with E-state index in [9.17, 15) is 0 Å². The van der Waals surface area contributed by atoms with Crippen LogP contribution in [-0.4, -0.2) is 9.97 Å². The molecule has 1 atom stereocenters. The highest BCUT2D eigenvalue weighted by Crippen LogP contribution is 2.38. The van der Waals surface area contributed by atoms with E-state index in [1.807, 2.05) is 12.1 Å². The Balaban J connectivity index is 1.80. The maximum Gasteiger partial charge on any atom is 0.136 e. The molecule has 1 unspecified atom stereocenters. The van der Waals surface area contributed by atoms with Crippen LogP contribution < -0.4 is 11.1 Å². The first kappa shape index (κ1) is 13.4. The van der Waals surface area contributed by atoms with E-state index in [0.717, 1.165) is 16.1 Å². The summed E-state index contributed by atoms with van der Waals surface area (Å²) in [7, 11) is 0. The second kappa shape index (κ2) is 5.40. The first-order valence-electron chi connectivity index (χ1n) is 6.78. The summed E-state index contributed by atoms with van der Waals surface area (Å²) in [6.45, 7) is 2.11. The van der Waals surface area contributed by atoms with Crippen LogP contribution in [0.15, 0.2) is 34.8 Å². The smallest absolute Gasteiger partial charge is 0.136 e. The molecule has 1 aromatic heterocycles. The van der Waals surface area contributed by atoms with Crippen LogP contribution in [0.2, 0.25) is 0 Å². The molecule has 1 aromatic carbocycles. The molecule has 2 aromatic rings. The largest absolute Gasteiger partial charge is 0.384 e. The van der Waals surface area contributed by atoms with Crippen molar-refractivity contribution in [2.24, 2.45) is 0 Å². The van der Waals surface area contributed by atoms with Crippen LogP contribution in [0.5, 0.6) is 0 Å². The maximum atomic E-state index is 5.86. The standard InChI is InChI=1S/C15H17BrN4/c1-9(11-3-2-4-12(16)7-11)18-14-8-13(17)19-15(20-14)10-5-6-10/h2-4,7-10H,5-6H2,1H3,(H3,17,18,19,20). The third kappa shape index (κ3) is 3.10. The number of nitrogens with zero attached hydrogens (tertiary/aromatic N) is 2. The van der Waals surface area contributed by atoms with Crippen LogP contribution >= 0.6 is 15.9 Å². The zero-order chi connectivity index (χ0) is 14.1. The SMILES string of the molecule is CC(Nc1cc(N)nc(C2CC2)n1)c1cccc(Br)c1. The average Bonchev–Trinajstić information content (AvgIpc) is 3.22. The highest BCUT2D eigenvalue weighted by atomic mass is 79.9. The first-order chi connectivity index (χ1) is 9.61. The van der Waals surface area contributed by atoms with E-state index in [2.05, 4.69) is 50.3 Å². The fraction of sp³-hybridized carbons (Fsp3) is 0.333. The summed E-state index contributed by atoms with van der Waals surface area (Å²) in [5.74, 6) is 2.70. The highest BCUT2D eigenvalue weighted by molar-refractivity contribution is 9.10. The number of rotatable bonds is 4. The number of nitrogen functional groups attached to an aromatic ring is 1. The molecule has 1 aliphatic carbocycles. The predicted octanol–water partition coefficient (Wildman–Crippen LogP) is 3.87. The number of hydrogen-bond acceptors (Lipinski definition) is 4. The first-order valence-corrected chi connectivity index (χ1v) is 7.57. The van der Waals surface area contributed by atoms with Gasteiger partial charge in [-0.25, -0.2) is 9.97 Å². The molecule has 0 saturated heterocycles. The maximum absolute atomic E-state index is 5.86. The van der Waals surface area contributed by atoms with Crippen molar-refractivity contribution in [3.8, 4) is 0 Å². The Labute approximate surface area is 127 Å². The van der Waals surface area contributed by atoms with Crippen molar-refractivity contribution in [1.82, 2.24) is 9.97 Å². The summed E-state index contributed by atoms with van der Waals surface area (Å²) in [5.41, 5.74) is 7.06. The molecule has 3 N–H and O–H groups in total. The van der Waals surface area contributed by atoms with E-state index in [1.54, 1.807) is 6.07 Å². The van der Waals surface area contributed by atoms with Gasteiger partial charge in [-0.2, -0.15) is 0 Å². The molecule has 1 saturated carbocycles. The second-order valence-electron chi connectivity index (χ2n) is 5.23. The van der Waals surface area contributed by atoms with Gasteiger partial charge < -0.3 is 11.1 Å². The molecule has 1 aliphatic rings. The molecule has 0 spiro atoms. The van der Waals surface area contributed by atoms with Crippen molar-refractivity contribution in [1.29, 1.82) is 0 Å². The molecule has 0 bridgehead atoms. The zero-order valence-electron chi connectivity index (χ0n) is 11.3. The van der Waals surface area contributed by atoms with Gasteiger partial charge in [0.2, 0.25) is 0 Å². The number of nitrogens with one attached hydrogen (secondary N) is 1. The Morgan fingerprint density at radius 3 is 2.80 bits per heavy atom. The van der Waals surface area contributed by atoms with Crippen LogP contribution in [0, 0.1) is 0 Å². The molecule has 0 amide bonds. The number of halogens is 1. The number of aromatic nitrogens is 2. The van der Waals surface area contributed by atoms with Crippen LogP contribution in [0.25, 0.3) is 0 Å². The quantitative estimate of drug-likeness (QED) is 0.891. The van der Waals surface area contributed by atoms with Gasteiger partial charge in [-0.3, -0.25) is 0 Å². The van der Waals surface area contributed by atoms with Crippen molar-refractivity contribution in [3.63, 3.8) is 0 Å². The van der Waals surface area contributed by atoms with Crippen molar-refractivity contribution >= 4 is 27.6 Å². The molecular weight excluding hydrogens is 316 g/mol. The van der Waals surface area contributed by atoms with E-state index in [-0.39, 0.29) is 6.04 Å². The monoisotopic (exact) mass is 332 g/mol. The lowest BCUT2D eigenvalue weighted by Gasteiger charge is -2.16. The van der Waals surface area contributed by atoms with E-state index in [1.165, 1.54) is 18.4 Å². The molecule has 0 aliphatic heterocycles. The Bertz CT molecular complexity index is 625. The molecule has 3 rings (SSSR count). The zero-order valence-corrected chi connectivity index (χ0v) is 12.9. The molecule has 1 heterocycles. The summed E-state index contributed by atoms with van der Waals surface area (Å²) in [6, 6.07) is 10.2. The molecular formula is C15H17BrN4. The lowest BCUT2D eigenvalue weighted by molar-refractivity contribution is 0.855. The van der Waals surface area contributed by atoms with E-state index >= 15 is 0 Å². The summed E-state index contributed by atoms with van der Waals surface area (Å²) >= 11 is 3.49. The van der Waals surface area contributed by atoms with Crippen LogP contribution in [0.3, 0.4) is 0 Å². The normalized spacial score (nSPS) is 15.9. The van der Waals surface area contributed by atoms with Gasteiger partial charge in [0.15, 0.2) is 0 Å². The van der Waals surface area contributed by atoms with Crippen molar-refractivity contribution in [3.05, 3.63) is 46.2 Å². The van der Waals surface area contributed by atoms with Crippen molar-refractivity contribution < 1.29 is 0 Å². The van der Waals surface area contributed by atoms with Gasteiger partial charge in [-0.05, 0) is 37.5 Å². The van der Waals surface area contributed by atoms with Gasteiger partial charge in [-0.1, -0.05) is 28.1 Å². The summed E-state index contributed by atoms with van der Waals surface area (Å²) in [5, 5.41) is 3.40. The Kier molecular flexibility index (Phi) is 3.61. The predicted molar refractivity (Wildman–Crippen MR) is 84.6 cm³/mol. The summed E-state index contributed by atoms with van der Waals surface area (Å²) in [4.78, 5) is 8.88. The van der Waals surface area contributed by atoms with Crippen LogP contribution in [-0.2, 0) is 0 Å². The topological polar surface area (TPSA) is 63.8 Å². The van der Waals surface area contributed by atoms with Gasteiger partial charge in [0.1, 0.15) is 17.5 Å². The Hall–Kier alpha value is -1.62. The lowest BCUT2D eigenvalue weighted by atomic mass is 10.1. The summed E-state index contributed by atoms with van der Waals surface area (Å²) in [6.07, 6.45) is 2.34. The minimum atomic E-state index is 0.161. The van der Waals surface area contributed by atoms with Crippen LogP contribution in [0.4, 0.5) is 11.6 Å². The fourth-order valence-electron chi connectivity index (χ4n) is 2.16. The van der Waals surface area contributed by atoms with E-state index in [0.29, 0.717) is 11.7 Å². The second-order valence-corrected chi connectivity index (χ2v) is 6.15. The third-order valence-corrected chi connectivity index (χ3v) is 3.91. The van der Waals surface area contributed by atoms with E-state index in [4.69, 9.17) is 5.73 Å². The van der Waals surface area contributed by atoms with Gasteiger partial charge in [0.25, 0.3) is 0 Å². The lowest BCUT2D eigenvalue weighted by Crippen LogP contribution is -2.10. The minimum Gasteiger partial charge on any atom is -0.384 e. The van der Waals surface area contributed by atoms with Crippen LogP contribution in [0.1, 0.15) is 43.1 Å². The third-order valence-electron chi connectivity index (χ3n) is 3.42. The van der Waals surface area contributed by atoms with Gasteiger partial charge in [0.05, 0.1) is 0 Å². The molecule has 20 heavy (non-hydrogen) atoms. The average molecular weight is 333 g/mol. The van der Waals surface area contributed by atoms with Crippen molar-refractivity contribution in [2.75, 3.05) is 11.1 Å². The number of benzene rings is 1. The van der Waals surface area contributed by atoms with Gasteiger partial charge >= 0.3 is 0 Å². The van der Waals surface area contributed by atoms with Crippen molar-refractivity contribution in [2.45, 2.75) is 31.7 Å². The number of anilines is 2. The van der Waals surface area contributed by atoms with Gasteiger partial charge in [-0.15, -0.1) is 0 Å². The number of nitrogens with two attached hydrogens (primary N) is 1. The number of hydrogen-bond donors (Lipinski definition) is 2. The molecule has 5 heteroatoms. The minimum absolute atomic E-state index is 0.161. The van der Waals surface area contributed by atoms with Gasteiger partial charge in [0, 0.05) is 22.5 Å². The molecule has 0 radical (unpaired) electrons. The Morgan fingerprint density at radius 2 is 2.10 bits per heavy atom. The van der Waals surface area contributed by atoms with E-state index < -0.39 is 0 Å².